The van der Waals surface area contributed by atoms with Crippen molar-refractivity contribution in [1.29, 1.82) is 0 Å². The van der Waals surface area contributed by atoms with Gasteiger partial charge in [-0.05, 0) is 43.9 Å². The number of nitrogens with one attached hydrogen (secondary N) is 1. The molecule has 2 aliphatic rings. The molecule has 2 amide bonds. The second-order valence-electron chi connectivity index (χ2n) is 6.74. The lowest BCUT2D eigenvalue weighted by Gasteiger charge is -2.24. The van der Waals surface area contributed by atoms with Crippen LogP contribution in [0.25, 0.3) is 0 Å². The summed E-state index contributed by atoms with van der Waals surface area (Å²) >= 11 is 1.52. The highest BCUT2D eigenvalue weighted by atomic mass is 32.1. The number of nitrogens with zero attached hydrogens (tertiary/aromatic N) is 2. The average Bonchev–Trinajstić information content (AvgIpc) is 3.15. The number of likely N-dealkylation sites (tertiary alicyclic amines) is 1. The molecule has 136 valence electrons. The summed E-state index contributed by atoms with van der Waals surface area (Å²) in [5.74, 6) is 0.494. The summed E-state index contributed by atoms with van der Waals surface area (Å²) < 4.78 is 5.73. The molecule has 1 saturated carbocycles. The molecule has 7 heteroatoms. The Balaban J connectivity index is 1.43. The largest absolute Gasteiger partial charge is 0.487 e. The van der Waals surface area contributed by atoms with Gasteiger partial charge in [-0.3, -0.25) is 9.59 Å². The van der Waals surface area contributed by atoms with Crippen LogP contribution in [0.5, 0.6) is 5.75 Å². The van der Waals surface area contributed by atoms with Gasteiger partial charge in [-0.25, -0.2) is 4.98 Å². The number of aromatic nitrogens is 1. The molecular formula is C19H21N3O3S. The first-order valence-electron chi connectivity index (χ1n) is 8.92. The average molecular weight is 371 g/mol. The lowest BCUT2D eigenvalue weighted by Crippen LogP contribution is -2.46. The van der Waals surface area contributed by atoms with Crippen LogP contribution in [-0.2, 0) is 11.4 Å². The molecule has 1 N–H and O–H groups in total. The Hall–Kier alpha value is -2.41. The monoisotopic (exact) mass is 371 g/mol. The first-order chi connectivity index (χ1) is 12.7. The van der Waals surface area contributed by atoms with E-state index in [1.165, 1.54) is 11.3 Å². The molecule has 2 heterocycles. The zero-order chi connectivity index (χ0) is 17.9. The Morgan fingerprint density at radius 2 is 2.19 bits per heavy atom. The normalized spacial score (nSPS) is 19.4. The van der Waals surface area contributed by atoms with Crippen LogP contribution in [-0.4, -0.2) is 40.3 Å². The van der Waals surface area contributed by atoms with Gasteiger partial charge in [0.2, 0.25) is 5.91 Å². The number of amides is 2. The number of hydrogen-bond donors (Lipinski definition) is 1. The third kappa shape index (κ3) is 3.88. The number of carbonyl (C=O) groups is 2. The lowest BCUT2D eigenvalue weighted by molar-refractivity contribution is -0.125. The second-order valence-corrected chi connectivity index (χ2v) is 7.45. The van der Waals surface area contributed by atoms with E-state index in [9.17, 15) is 9.59 Å². The molecule has 0 bridgehead atoms. The minimum atomic E-state index is -0.359. The molecule has 1 atom stereocenters. The van der Waals surface area contributed by atoms with E-state index in [1.54, 1.807) is 28.6 Å². The fourth-order valence-electron chi connectivity index (χ4n) is 3.16. The molecule has 1 aromatic heterocycles. The van der Waals surface area contributed by atoms with Crippen LogP contribution in [0.15, 0.2) is 35.2 Å². The summed E-state index contributed by atoms with van der Waals surface area (Å²) in [7, 11) is 0. The van der Waals surface area contributed by atoms with E-state index in [0.29, 0.717) is 30.5 Å². The van der Waals surface area contributed by atoms with Gasteiger partial charge in [0.1, 0.15) is 18.4 Å². The molecule has 4 rings (SSSR count). The van der Waals surface area contributed by atoms with Crippen molar-refractivity contribution < 1.29 is 14.3 Å². The molecule has 0 spiro atoms. The predicted molar refractivity (Wildman–Crippen MR) is 98.1 cm³/mol. The van der Waals surface area contributed by atoms with Gasteiger partial charge in [-0.1, -0.05) is 6.07 Å². The van der Waals surface area contributed by atoms with E-state index in [0.717, 1.165) is 31.4 Å². The van der Waals surface area contributed by atoms with Crippen molar-refractivity contribution in [3.05, 3.63) is 46.4 Å². The van der Waals surface area contributed by atoms with Crippen LogP contribution in [0, 0.1) is 0 Å². The number of carbonyl (C=O) groups excluding carboxylic acids is 2. The molecule has 6 nitrogen and oxygen atoms in total. The van der Waals surface area contributed by atoms with Gasteiger partial charge in [0.05, 0.1) is 11.2 Å². The first kappa shape index (κ1) is 17.0. The number of rotatable bonds is 6. The Bertz CT molecular complexity index is 789. The van der Waals surface area contributed by atoms with Crippen LogP contribution in [0.1, 0.15) is 41.7 Å². The maximum absolute atomic E-state index is 12.9. The van der Waals surface area contributed by atoms with Crippen LogP contribution < -0.4 is 10.1 Å². The quantitative estimate of drug-likeness (QED) is 0.847. The molecule has 1 unspecified atom stereocenters. The van der Waals surface area contributed by atoms with Crippen molar-refractivity contribution in [3.8, 4) is 5.75 Å². The molecule has 0 radical (unpaired) electrons. The van der Waals surface area contributed by atoms with Crippen LogP contribution in [0.3, 0.4) is 0 Å². The van der Waals surface area contributed by atoms with E-state index >= 15 is 0 Å². The van der Waals surface area contributed by atoms with Gasteiger partial charge < -0.3 is 15.0 Å². The number of hydrogen-bond acceptors (Lipinski definition) is 5. The molecule has 1 aromatic carbocycles. The van der Waals surface area contributed by atoms with Crippen LogP contribution in [0.4, 0.5) is 0 Å². The van der Waals surface area contributed by atoms with E-state index in [2.05, 4.69) is 10.3 Å². The van der Waals surface area contributed by atoms with Gasteiger partial charge in [-0.2, -0.15) is 0 Å². The minimum Gasteiger partial charge on any atom is -0.487 e. The number of thiazole rings is 1. The molecule has 26 heavy (non-hydrogen) atoms. The summed E-state index contributed by atoms with van der Waals surface area (Å²) in [4.78, 5) is 31.2. The molecule has 2 fully saturated rings. The summed E-state index contributed by atoms with van der Waals surface area (Å²) in [5.41, 5.74) is 3.17. The van der Waals surface area contributed by atoms with E-state index in [4.69, 9.17) is 4.74 Å². The van der Waals surface area contributed by atoms with Gasteiger partial charge in [0.25, 0.3) is 5.91 Å². The lowest BCUT2D eigenvalue weighted by atomic mass is 10.1. The maximum atomic E-state index is 12.9. The van der Waals surface area contributed by atoms with Crippen molar-refractivity contribution in [3.63, 3.8) is 0 Å². The highest BCUT2D eigenvalue weighted by Crippen LogP contribution is 2.25. The van der Waals surface area contributed by atoms with Crippen molar-refractivity contribution >= 4 is 23.2 Å². The first-order valence-corrected chi connectivity index (χ1v) is 9.86. The Labute approximate surface area is 156 Å². The standard InChI is InChI=1S/C19H21N3O3S/c23-18(21-14-6-7-14)17-5-2-8-22(17)19(24)13-3-1-4-16(9-13)25-10-15-11-26-12-20-15/h1,3-4,9,11-12,14,17H,2,5-8,10H2,(H,21,23). The highest BCUT2D eigenvalue weighted by molar-refractivity contribution is 7.07. The SMILES string of the molecule is O=C(NC1CC1)C1CCCN1C(=O)c1cccc(OCc2cscn2)c1. The third-order valence-electron chi connectivity index (χ3n) is 4.69. The minimum absolute atomic E-state index is 0.0192. The Morgan fingerprint density at radius 1 is 1.31 bits per heavy atom. The number of benzene rings is 1. The van der Waals surface area contributed by atoms with Crippen molar-refractivity contribution in [2.24, 2.45) is 0 Å². The van der Waals surface area contributed by atoms with Crippen molar-refractivity contribution in [1.82, 2.24) is 15.2 Å². The fraction of sp³-hybridized carbons (Fsp3) is 0.421. The molecule has 1 aliphatic carbocycles. The smallest absolute Gasteiger partial charge is 0.254 e. The zero-order valence-corrected chi connectivity index (χ0v) is 15.2. The van der Waals surface area contributed by atoms with Gasteiger partial charge in [-0.15, -0.1) is 11.3 Å². The molecule has 1 aliphatic heterocycles. The van der Waals surface area contributed by atoms with Crippen LogP contribution in [0.2, 0.25) is 0 Å². The van der Waals surface area contributed by atoms with Gasteiger partial charge >= 0.3 is 0 Å². The summed E-state index contributed by atoms with van der Waals surface area (Å²) in [5, 5.41) is 4.95. The molecule has 2 aromatic rings. The maximum Gasteiger partial charge on any atom is 0.254 e. The Kier molecular flexibility index (Phi) is 4.88. The Morgan fingerprint density at radius 3 is 2.96 bits per heavy atom. The van der Waals surface area contributed by atoms with Crippen LogP contribution >= 0.6 is 11.3 Å². The zero-order valence-electron chi connectivity index (χ0n) is 14.4. The van der Waals surface area contributed by atoms with E-state index in [1.807, 2.05) is 11.4 Å². The van der Waals surface area contributed by atoms with Gasteiger partial charge in [0, 0.05) is 23.5 Å². The fourth-order valence-corrected chi connectivity index (χ4v) is 3.70. The van der Waals surface area contributed by atoms with Gasteiger partial charge in [0.15, 0.2) is 0 Å². The molecule has 1 saturated heterocycles. The summed E-state index contributed by atoms with van der Waals surface area (Å²) in [6, 6.07) is 7.09. The van der Waals surface area contributed by atoms with Crippen molar-refractivity contribution in [2.75, 3.05) is 6.54 Å². The highest BCUT2D eigenvalue weighted by Gasteiger charge is 2.36. The predicted octanol–water partition coefficient (Wildman–Crippen LogP) is 2.61. The van der Waals surface area contributed by atoms with E-state index < -0.39 is 0 Å². The summed E-state index contributed by atoms with van der Waals surface area (Å²) in [6.45, 7) is 0.989. The third-order valence-corrected chi connectivity index (χ3v) is 5.33. The number of ether oxygens (including phenoxy) is 1. The van der Waals surface area contributed by atoms with Crippen molar-refractivity contribution in [2.45, 2.75) is 44.4 Å². The topological polar surface area (TPSA) is 71.5 Å². The summed E-state index contributed by atoms with van der Waals surface area (Å²) in [6.07, 6.45) is 3.67. The second kappa shape index (κ2) is 7.45. The van der Waals surface area contributed by atoms with E-state index in [-0.39, 0.29) is 17.9 Å². The molecular weight excluding hydrogens is 350 g/mol.